The number of thiazole rings is 1. The van der Waals surface area contributed by atoms with Crippen LogP contribution in [0.1, 0.15) is 15.2 Å². The first kappa shape index (κ1) is 15.7. The molecule has 124 valence electrons. The van der Waals surface area contributed by atoms with Gasteiger partial charge in [0.2, 0.25) is 0 Å². The number of nitro groups is 1. The minimum Gasteiger partial charge on any atom is -0.297 e. The number of amides is 1. The molecule has 25 heavy (non-hydrogen) atoms. The van der Waals surface area contributed by atoms with Crippen LogP contribution >= 0.6 is 22.7 Å². The van der Waals surface area contributed by atoms with Gasteiger partial charge in [0.05, 0.1) is 20.0 Å². The van der Waals surface area contributed by atoms with Gasteiger partial charge in [0.15, 0.2) is 5.13 Å². The topological polar surface area (TPSA) is 85.1 Å². The van der Waals surface area contributed by atoms with Gasteiger partial charge in [0.25, 0.3) is 11.6 Å². The molecule has 0 saturated heterocycles. The van der Waals surface area contributed by atoms with Crippen molar-refractivity contribution < 1.29 is 9.72 Å². The third kappa shape index (κ3) is 2.97. The van der Waals surface area contributed by atoms with E-state index in [1.165, 1.54) is 34.8 Å². The average molecular weight is 369 g/mol. The van der Waals surface area contributed by atoms with Crippen LogP contribution in [0.5, 0.6) is 0 Å². The number of fused-ring (bicyclic) bond motifs is 2. The highest BCUT2D eigenvalue weighted by atomic mass is 32.1. The summed E-state index contributed by atoms with van der Waals surface area (Å²) in [6, 6.07) is 12.2. The van der Waals surface area contributed by atoms with Gasteiger partial charge in [-0.25, -0.2) is 4.98 Å². The van der Waals surface area contributed by atoms with Crippen LogP contribution in [-0.4, -0.2) is 15.8 Å². The quantitative estimate of drug-likeness (QED) is 0.408. The minimum atomic E-state index is -0.444. The van der Waals surface area contributed by atoms with Gasteiger partial charge in [-0.3, -0.25) is 20.2 Å². The molecule has 0 unspecified atom stereocenters. The van der Waals surface area contributed by atoms with Crippen LogP contribution in [0.25, 0.3) is 20.3 Å². The second-order valence-corrected chi connectivity index (χ2v) is 7.65. The molecule has 4 rings (SSSR count). The van der Waals surface area contributed by atoms with Gasteiger partial charge in [-0.15, -0.1) is 11.3 Å². The van der Waals surface area contributed by atoms with E-state index in [1.807, 2.05) is 25.1 Å². The number of rotatable bonds is 3. The Labute approximate surface area is 149 Å². The Bertz CT molecular complexity index is 1150. The van der Waals surface area contributed by atoms with Gasteiger partial charge in [0.1, 0.15) is 0 Å². The summed E-state index contributed by atoms with van der Waals surface area (Å²) in [6.45, 7) is 2.01. The minimum absolute atomic E-state index is 0.0128. The summed E-state index contributed by atoms with van der Waals surface area (Å²) in [5.41, 5.74) is 2.00. The molecular weight excluding hydrogens is 358 g/mol. The number of hydrogen-bond donors (Lipinski definition) is 1. The molecule has 0 bridgehead atoms. The molecule has 2 aromatic carbocycles. The predicted molar refractivity (Wildman–Crippen MR) is 101 cm³/mol. The summed E-state index contributed by atoms with van der Waals surface area (Å²) >= 11 is 2.72. The number of aryl methyl sites for hydroxylation is 1. The van der Waals surface area contributed by atoms with E-state index in [9.17, 15) is 14.9 Å². The van der Waals surface area contributed by atoms with Gasteiger partial charge < -0.3 is 0 Å². The maximum Gasteiger partial charge on any atom is 0.270 e. The Morgan fingerprint density at radius 2 is 1.96 bits per heavy atom. The predicted octanol–water partition coefficient (Wildman–Crippen LogP) is 4.98. The molecule has 2 aromatic heterocycles. The largest absolute Gasteiger partial charge is 0.297 e. The number of aromatic nitrogens is 1. The molecule has 0 atom stereocenters. The van der Waals surface area contributed by atoms with E-state index >= 15 is 0 Å². The first-order valence-corrected chi connectivity index (χ1v) is 8.99. The summed E-state index contributed by atoms with van der Waals surface area (Å²) in [5, 5.41) is 14.9. The normalized spacial score (nSPS) is 11.1. The van der Waals surface area contributed by atoms with Crippen molar-refractivity contribution in [3.8, 4) is 0 Å². The van der Waals surface area contributed by atoms with E-state index in [1.54, 1.807) is 12.1 Å². The molecule has 0 aliphatic heterocycles. The van der Waals surface area contributed by atoms with Crippen molar-refractivity contribution in [1.29, 1.82) is 0 Å². The lowest BCUT2D eigenvalue weighted by Crippen LogP contribution is -2.09. The molecular formula is C17H11N3O3S2. The first-order chi connectivity index (χ1) is 12.0. The van der Waals surface area contributed by atoms with E-state index in [-0.39, 0.29) is 11.6 Å². The van der Waals surface area contributed by atoms with E-state index in [0.717, 1.165) is 20.5 Å². The zero-order valence-corrected chi connectivity index (χ0v) is 14.6. The molecule has 1 N–H and O–H groups in total. The van der Waals surface area contributed by atoms with Gasteiger partial charge in [-0.05, 0) is 36.8 Å². The molecule has 4 aromatic rings. The fourth-order valence-electron chi connectivity index (χ4n) is 2.50. The van der Waals surface area contributed by atoms with Crippen LogP contribution in [-0.2, 0) is 0 Å². The van der Waals surface area contributed by atoms with Gasteiger partial charge in [0, 0.05) is 22.2 Å². The van der Waals surface area contributed by atoms with Crippen molar-refractivity contribution in [1.82, 2.24) is 4.98 Å². The molecule has 1 amide bonds. The maximum atomic E-state index is 12.5. The molecule has 0 aliphatic carbocycles. The lowest BCUT2D eigenvalue weighted by atomic mass is 10.2. The Kier molecular flexibility index (Phi) is 3.70. The molecule has 8 heteroatoms. The van der Waals surface area contributed by atoms with Gasteiger partial charge in [-0.2, -0.15) is 0 Å². The number of nitro benzene ring substituents is 1. The monoisotopic (exact) mass is 369 g/mol. The Hall–Kier alpha value is -2.84. The van der Waals surface area contributed by atoms with Crippen molar-refractivity contribution in [2.75, 3.05) is 5.32 Å². The summed E-state index contributed by atoms with van der Waals surface area (Å²) in [6.07, 6.45) is 0. The van der Waals surface area contributed by atoms with Gasteiger partial charge in [-0.1, -0.05) is 17.4 Å². The second-order valence-electron chi connectivity index (χ2n) is 5.53. The fraction of sp³-hybridized carbons (Fsp3) is 0.0588. The third-order valence-corrected chi connectivity index (χ3v) is 5.75. The van der Waals surface area contributed by atoms with E-state index in [4.69, 9.17) is 0 Å². The number of benzene rings is 2. The van der Waals surface area contributed by atoms with Crippen LogP contribution in [0.4, 0.5) is 10.8 Å². The molecule has 0 radical (unpaired) electrons. The van der Waals surface area contributed by atoms with E-state index < -0.39 is 4.92 Å². The maximum absolute atomic E-state index is 12.5. The van der Waals surface area contributed by atoms with Crippen LogP contribution in [0.15, 0.2) is 42.5 Å². The van der Waals surface area contributed by atoms with Crippen molar-refractivity contribution >= 4 is 59.7 Å². The van der Waals surface area contributed by atoms with Gasteiger partial charge >= 0.3 is 0 Å². The zero-order chi connectivity index (χ0) is 17.6. The van der Waals surface area contributed by atoms with E-state index in [2.05, 4.69) is 10.3 Å². The summed E-state index contributed by atoms with van der Waals surface area (Å²) in [4.78, 5) is 27.8. The molecule has 0 fully saturated rings. The highest BCUT2D eigenvalue weighted by molar-refractivity contribution is 7.23. The van der Waals surface area contributed by atoms with Crippen molar-refractivity contribution in [2.24, 2.45) is 0 Å². The molecule has 6 nitrogen and oxygen atoms in total. The number of anilines is 1. The fourth-order valence-corrected chi connectivity index (χ4v) is 4.40. The lowest BCUT2D eigenvalue weighted by molar-refractivity contribution is -0.384. The van der Waals surface area contributed by atoms with Crippen molar-refractivity contribution in [3.05, 3.63) is 63.0 Å². The standard InChI is InChI=1S/C17H11N3O3S2/c1-9-2-4-12-14(6-9)25-17(18-12)19-16(21)15-8-10-7-11(20(22)23)3-5-13(10)24-15/h2-8H,1H3,(H,18,19,21). The summed E-state index contributed by atoms with van der Waals surface area (Å²) < 4.78 is 1.85. The zero-order valence-electron chi connectivity index (χ0n) is 13.0. The Morgan fingerprint density at radius 1 is 1.12 bits per heavy atom. The smallest absolute Gasteiger partial charge is 0.270 e. The second kappa shape index (κ2) is 5.91. The average Bonchev–Trinajstić information content (AvgIpc) is 3.16. The number of carbonyl (C=O) groups excluding carboxylic acids is 1. The number of thiophene rings is 1. The molecule has 0 aliphatic rings. The lowest BCUT2D eigenvalue weighted by Gasteiger charge is -1.96. The number of hydrogen-bond acceptors (Lipinski definition) is 6. The molecule has 0 saturated carbocycles. The molecule has 0 spiro atoms. The number of carbonyl (C=O) groups is 1. The van der Waals surface area contributed by atoms with E-state index in [0.29, 0.717) is 15.4 Å². The van der Waals surface area contributed by atoms with Crippen molar-refractivity contribution in [3.63, 3.8) is 0 Å². The van der Waals surface area contributed by atoms with Crippen LogP contribution in [0.2, 0.25) is 0 Å². The first-order valence-electron chi connectivity index (χ1n) is 7.36. The highest BCUT2D eigenvalue weighted by Gasteiger charge is 2.15. The van der Waals surface area contributed by atoms with Crippen LogP contribution in [0, 0.1) is 17.0 Å². The summed E-state index contributed by atoms with van der Waals surface area (Å²) in [5.74, 6) is -0.264. The third-order valence-electron chi connectivity index (χ3n) is 3.70. The number of nitrogens with one attached hydrogen (secondary N) is 1. The summed E-state index contributed by atoms with van der Waals surface area (Å²) in [7, 11) is 0. The molecule has 2 heterocycles. The van der Waals surface area contributed by atoms with Crippen LogP contribution in [0.3, 0.4) is 0 Å². The van der Waals surface area contributed by atoms with Crippen LogP contribution < -0.4 is 5.32 Å². The Balaban J connectivity index is 1.63. The van der Waals surface area contributed by atoms with Crippen molar-refractivity contribution in [2.45, 2.75) is 6.92 Å². The number of nitrogens with zero attached hydrogens (tertiary/aromatic N) is 2. The number of non-ortho nitro benzene ring substituents is 1. The SMILES string of the molecule is Cc1ccc2nc(NC(=O)c3cc4cc([N+](=O)[O-])ccc4s3)sc2c1. The highest BCUT2D eigenvalue weighted by Crippen LogP contribution is 2.31. The Morgan fingerprint density at radius 3 is 2.76 bits per heavy atom.